The molecule has 0 radical (unpaired) electrons. The third-order valence-corrected chi connectivity index (χ3v) is 3.17. The molecule has 1 unspecified atom stereocenters. The van der Waals surface area contributed by atoms with E-state index in [1.165, 1.54) is 6.07 Å². The largest absolute Gasteiger partial charge is 0.368 e. The molecule has 1 saturated heterocycles. The molecule has 6 nitrogen and oxygen atoms in total. The molecule has 1 aromatic heterocycles. The number of aromatic amines is 1. The van der Waals surface area contributed by atoms with Gasteiger partial charge in [-0.15, -0.1) is 0 Å². The van der Waals surface area contributed by atoms with Crippen LogP contribution in [-0.2, 0) is 11.3 Å². The van der Waals surface area contributed by atoms with E-state index >= 15 is 0 Å². The van der Waals surface area contributed by atoms with Crippen LogP contribution in [0.25, 0.3) is 0 Å². The van der Waals surface area contributed by atoms with Gasteiger partial charge in [0.1, 0.15) is 11.9 Å². The van der Waals surface area contributed by atoms with Gasteiger partial charge in [-0.2, -0.15) is 0 Å². The molecule has 1 fully saturated rings. The Labute approximate surface area is 113 Å². The molecule has 0 bridgehead atoms. The first-order valence-corrected chi connectivity index (χ1v) is 6.81. The summed E-state index contributed by atoms with van der Waals surface area (Å²) in [6.45, 7) is 6.23. The normalized spacial score (nSPS) is 20.6. The summed E-state index contributed by atoms with van der Waals surface area (Å²) in [6.07, 6.45) is 0.987. The lowest BCUT2D eigenvalue weighted by Crippen LogP contribution is -2.39. The SMILES string of the molecule is CCCN1CCOC(c2nc(CNC)cc(=O)[nH]2)C1. The van der Waals surface area contributed by atoms with Gasteiger partial charge in [-0.3, -0.25) is 9.69 Å². The molecule has 6 heteroatoms. The van der Waals surface area contributed by atoms with Crippen molar-refractivity contribution in [2.45, 2.75) is 26.0 Å². The fourth-order valence-electron chi connectivity index (χ4n) is 2.34. The predicted octanol–water partition coefficient (Wildman–Crippen LogP) is 0.273. The lowest BCUT2D eigenvalue weighted by molar-refractivity contribution is -0.0344. The quantitative estimate of drug-likeness (QED) is 0.800. The Morgan fingerprint density at radius 1 is 1.63 bits per heavy atom. The van der Waals surface area contributed by atoms with E-state index in [1.807, 2.05) is 7.05 Å². The van der Waals surface area contributed by atoms with Crippen molar-refractivity contribution in [2.75, 3.05) is 33.3 Å². The number of hydrogen-bond donors (Lipinski definition) is 2. The smallest absolute Gasteiger partial charge is 0.251 e. The molecule has 1 aliphatic rings. The van der Waals surface area contributed by atoms with Crippen molar-refractivity contribution in [3.8, 4) is 0 Å². The van der Waals surface area contributed by atoms with E-state index in [2.05, 4.69) is 27.1 Å². The highest BCUT2D eigenvalue weighted by molar-refractivity contribution is 5.05. The number of H-pyrrole nitrogens is 1. The van der Waals surface area contributed by atoms with Crippen molar-refractivity contribution in [3.05, 3.63) is 27.9 Å². The zero-order valence-corrected chi connectivity index (χ0v) is 11.6. The Hall–Kier alpha value is -1.24. The second-order valence-electron chi connectivity index (χ2n) is 4.81. The molecule has 2 rings (SSSR count). The molecule has 0 amide bonds. The second kappa shape index (κ2) is 6.79. The monoisotopic (exact) mass is 266 g/mol. The van der Waals surface area contributed by atoms with Gasteiger partial charge in [0.15, 0.2) is 0 Å². The molecule has 1 aliphatic heterocycles. The van der Waals surface area contributed by atoms with E-state index in [0.717, 1.165) is 31.7 Å². The molecule has 0 spiro atoms. The molecule has 0 aliphatic carbocycles. The average Bonchev–Trinajstić information content (AvgIpc) is 2.39. The number of morpholine rings is 1. The van der Waals surface area contributed by atoms with Gasteiger partial charge in [-0.1, -0.05) is 6.92 Å². The van der Waals surface area contributed by atoms with E-state index in [1.54, 1.807) is 0 Å². The third-order valence-electron chi connectivity index (χ3n) is 3.17. The van der Waals surface area contributed by atoms with Gasteiger partial charge in [0.05, 0.1) is 12.3 Å². The van der Waals surface area contributed by atoms with E-state index in [4.69, 9.17) is 4.74 Å². The van der Waals surface area contributed by atoms with Crippen molar-refractivity contribution in [1.82, 2.24) is 20.2 Å². The molecule has 106 valence electrons. The third kappa shape index (κ3) is 3.86. The van der Waals surface area contributed by atoms with Crippen molar-refractivity contribution < 1.29 is 4.74 Å². The average molecular weight is 266 g/mol. The first-order chi connectivity index (χ1) is 9.22. The Balaban J connectivity index is 2.13. The Kier molecular flexibility index (Phi) is 5.07. The lowest BCUT2D eigenvalue weighted by atomic mass is 10.2. The van der Waals surface area contributed by atoms with Crippen LogP contribution >= 0.6 is 0 Å². The van der Waals surface area contributed by atoms with Crippen LogP contribution in [0.2, 0.25) is 0 Å². The maximum absolute atomic E-state index is 11.6. The highest BCUT2D eigenvalue weighted by Gasteiger charge is 2.23. The first kappa shape index (κ1) is 14.2. The minimum Gasteiger partial charge on any atom is -0.368 e. The predicted molar refractivity (Wildman–Crippen MR) is 73.0 cm³/mol. The Bertz CT molecular complexity index is 458. The fourth-order valence-corrected chi connectivity index (χ4v) is 2.34. The van der Waals surface area contributed by atoms with Gasteiger partial charge in [0.25, 0.3) is 5.56 Å². The number of rotatable bonds is 5. The minimum absolute atomic E-state index is 0.119. The summed E-state index contributed by atoms with van der Waals surface area (Å²) < 4.78 is 5.73. The highest BCUT2D eigenvalue weighted by Crippen LogP contribution is 2.18. The maximum Gasteiger partial charge on any atom is 0.251 e. The van der Waals surface area contributed by atoms with E-state index in [9.17, 15) is 4.79 Å². The van der Waals surface area contributed by atoms with Gasteiger partial charge >= 0.3 is 0 Å². The van der Waals surface area contributed by atoms with Gasteiger partial charge in [-0.05, 0) is 20.0 Å². The molecule has 2 heterocycles. The number of aromatic nitrogens is 2. The molecule has 0 aromatic carbocycles. The van der Waals surface area contributed by atoms with Crippen molar-refractivity contribution in [2.24, 2.45) is 0 Å². The highest BCUT2D eigenvalue weighted by atomic mass is 16.5. The molecular weight excluding hydrogens is 244 g/mol. The topological polar surface area (TPSA) is 70.2 Å². The summed E-state index contributed by atoms with van der Waals surface area (Å²) in [4.78, 5) is 21.3. The fraction of sp³-hybridized carbons (Fsp3) is 0.692. The summed E-state index contributed by atoms with van der Waals surface area (Å²) >= 11 is 0. The van der Waals surface area contributed by atoms with Crippen LogP contribution in [0.3, 0.4) is 0 Å². The molecule has 1 aromatic rings. The molecule has 19 heavy (non-hydrogen) atoms. The number of nitrogens with one attached hydrogen (secondary N) is 2. The summed E-state index contributed by atoms with van der Waals surface area (Å²) in [7, 11) is 1.84. The van der Waals surface area contributed by atoms with E-state index in [-0.39, 0.29) is 11.7 Å². The number of hydrogen-bond acceptors (Lipinski definition) is 5. The van der Waals surface area contributed by atoms with Crippen molar-refractivity contribution >= 4 is 0 Å². The maximum atomic E-state index is 11.6. The summed E-state index contributed by atoms with van der Waals surface area (Å²) in [6, 6.07) is 1.52. The van der Waals surface area contributed by atoms with Gasteiger partial charge in [0, 0.05) is 25.7 Å². The number of nitrogens with zero attached hydrogens (tertiary/aromatic N) is 2. The van der Waals surface area contributed by atoms with Crippen LogP contribution < -0.4 is 10.9 Å². The van der Waals surface area contributed by atoms with Crippen molar-refractivity contribution in [3.63, 3.8) is 0 Å². The summed E-state index contributed by atoms with van der Waals surface area (Å²) in [5.41, 5.74) is 0.629. The van der Waals surface area contributed by atoms with Gasteiger partial charge in [0.2, 0.25) is 0 Å². The zero-order chi connectivity index (χ0) is 13.7. The second-order valence-corrected chi connectivity index (χ2v) is 4.81. The Morgan fingerprint density at radius 2 is 2.47 bits per heavy atom. The van der Waals surface area contributed by atoms with Crippen LogP contribution in [-0.4, -0.2) is 48.2 Å². The first-order valence-electron chi connectivity index (χ1n) is 6.81. The molecule has 1 atom stereocenters. The minimum atomic E-state index is -0.134. The van der Waals surface area contributed by atoms with Crippen LogP contribution in [0.15, 0.2) is 10.9 Å². The van der Waals surface area contributed by atoms with Gasteiger partial charge < -0.3 is 15.0 Å². The lowest BCUT2D eigenvalue weighted by Gasteiger charge is -2.32. The Morgan fingerprint density at radius 3 is 3.21 bits per heavy atom. The molecule has 2 N–H and O–H groups in total. The van der Waals surface area contributed by atoms with E-state index in [0.29, 0.717) is 19.0 Å². The molecule has 0 saturated carbocycles. The van der Waals surface area contributed by atoms with Crippen LogP contribution in [0.5, 0.6) is 0 Å². The summed E-state index contributed by atoms with van der Waals surface area (Å²) in [5, 5.41) is 3.00. The van der Waals surface area contributed by atoms with Crippen LogP contribution in [0.4, 0.5) is 0 Å². The van der Waals surface area contributed by atoms with Crippen LogP contribution in [0.1, 0.15) is 31.0 Å². The standard InChI is InChI=1S/C13H22N4O2/c1-3-4-17-5-6-19-11(9-17)13-15-10(8-14-2)7-12(18)16-13/h7,11,14H,3-6,8-9H2,1-2H3,(H,15,16,18). The zero-order valence-electron chi connectivity index (χ0n) is 11.6. The number of ether oxygens (including phenoxy) is 1. The van der Waals surface area contributed by atoms with Crippen molar-refractivity contribution in [1.29, 1.82) is 0 Å². The van der Waals surface area contributed by atoms with E-state index < -0.39 is 0 Å². The molecular formula is C13H22N4O2. The summed E-state index contributed by atoms with van der Waals surface area (Å²) in [5.74, 6) is 0.638. The van der Waals surface area contributed by atoms with Crippen LogP contribution in [0, 0.1) is 0 Å². The van der Waals surface area contributed by atoms with Gasteiger partial charge in [-0.25, -0.2) is 4.98 Å².